The van der Waals surface area contributed by atoms with Crippen molar-refractivity contribution in [3.63, 3.8) is 0 Å². The van der Waals surface area contributed by atoms with Gasteiger partial charge in [-0.15, -0.1) is 0 Å². The van der Waals surface area contributed by atoms with Crippen molar-refractivity contribution in [2.75, 3.05) is 19.7 Å². The van der Waals surface area contributed by atoms with Crippen LogP contribution >= 0.6 is 0 Å². The van der Waals surface area contributed by atoms with Crippen molar-refractivity contribution in [1.29, 1.82) is 0 Å². The molecule has 0 aliphatic rings. The largest absolute Gasteiger partial charge is 0.492 e. The molecule has 0 heterocycles. The molecule has 1 N–H and O–H groups in total. The van der Waals surface area contributed by atoms with Gasteiger partial charge < -0.3 is 10.1 Å². The van der Waals surface area contributed by atoms with Gasteiger partial charge in [-0.05, 0) is 47.9 Å². The third-order valence-electron chi connectivity index (χ3n) is 4.12. The molecule has 0 saturated carbocycles. The maximum Gasteiger partial charge on any atom is 0.119 e. The van der Waals surface area contributed by atoms with Crippen LogP contribution in [0.25, 0.3) is 0 Å². The van der Waals surface area contributed by atoms with Crippen molar-refractivity contribution in [3.05, 3.63) is 29.8 Å². The summed E-state index contributed by atoms with van der Waals surface area (Å²) in [7, 11) is 0. The van der Waals surface area contributed by atoms with Crippen molar-refractivity contribution < 1.29 is 4.74 Å². The fraction of sp³-hybridized carbons (Fsp3) is 0.684. The summed E-state index contributed by atoms with van der Waals surface area (Å²) in [4.78, 5) is 0. The highest BCUT2D eigenvalue weighted by Crippen LogP contribution is 2.27. The van der Waals surface area contributed by atoms with Crippen LogP contribution in [-0.2, 0) is 5.41 Å². The van der Waals surface area contributed by atoms with Crippen LogP contribution in [0.15, 0.2) is 24.3 Å². The summed E-state index contributed by atoms with van der Waals surface area (Å²) < 4.78 is 5.78. The lowest BCUT2D eigenvalue weighted by molar-refractivity contribution is 0.304. The molecule has 0 aliphatic carbocycles. The molecule has 0 saturated heterocycles. The minimum atomic E-state index is 0.243. The molecule has 0 spiro atoms. The number of hydrogen-bond donors (Lipinski definition) is 1. The van der Waals surface area contributed by atoms with E-state index in [1.807, 2.05) is 0 Å². The fourth-order valence-electron chi connectivity index (χ4n) is 2.04. The molecule has 0 aromatic heterocycles. The molecule has 0 amide bonds. The molecule has 1 rings (SSSR count). The monoisotopic (exact) mass is 291 g/mol. The van der Waals surface area contributed by atoms with E-state index in [1.165, 1.54) is 12.0 Å². The number of hydrogen-bond acceptors (Lipinski definition) is 2. The van der Waals surface area contributed by atoms with Crippen LogP contribution in [0.1, 0.15) is 59.9 Å². The number of nitrogens with one attached hydrogen (secondary N) is 1. The highest BCUT2D eigenvalue weighted by Gasteiger charge is 2.17. The third kappa shape index (κ3) is 6.99. The normalized spacial score (nSPS) is 12.5. The van der Waals surface area contributed by atoms with Gasteiger partial charge in [0.15, 0.2) is 0 Å². The number of rotatable bonds is 8. The van der Waals surface area contributed by atoms with E-state index in [4.69, 9.17) is 4.74 Å². The van der Waals surface area contributed by atoms with Gasteiger partial charge in [0, 0.05) is 6.54 Å². The summed E-state index contributed by atoms with van der Waals surface area (Å²) in [5.41, 5.74) is 2.02. The van der Waals surface area contributed by atoms with Gasteiger partial charge >= 0.3 is 0 Å². The van der Waals surface area contributed by atoms with E-state index in [2.05, 4.69) is 71.1 Å². The molecule has 1 aromatic rings. The first-order valence-corrected chi connectivity index (χ1v) is 8.19. The Labute approximate surface area is 131 Å². The SMILES string of the molecule is CCC(C)(C)c1ccc(OCCNCCC(C)(C)C)cc1. The molecule has 1 aromatic carbocycles. The molecule has 21 heavy (non-hydrogen) atoms. The lowest BCUT2D eigenvalue weighted by Gasteiger charge is -2.23. The second kappa shape index (κ2) is 7.84. The lowest BCUT2D eigenvalue weighted by Crippen LogP contribution is -2.25. The number of ether oxygens (including phenoxy) is 1. The van der Waals surface area contributed by atoms with E-state index in [0.717, 1.165) is 31.9 Å². The topological polar surface area (TPSA) is 21.3 Å². The predicted molar refractivity (Wildman–Crippen MR) is 92.2 cm³/mol. The Balaban J connectivity index is 2.28. The van der Waals surface area contributed by atoms with E-state index >= 15 is 0 Å². The maximum absolute atomic E-state index is 5.78. The van der Waals surface area contributed by atoms with Gasteiger partial charge in [-0.1, -0.05) is 53.7 Å². The van der Waals surface area contributed by atoms with Crippen molar-refractivity contribution >= 4 is 0 Å². The molecular formula is C19H33NO. The Morgan fingerprint density at radius 1 is 0.952 bits per heavy atom. The third-order valence-corrected chi connectivity index (χ3v) is 4.12. The van der Waals surface area contributed by atoms with Crippen molar-refractivity contribution in [3.8, 4) is 5.75 Å². The Morgan fingerprint density at radius 2 is 1.57 bits per heavy atom. The fourth-order valence-corrected chi connectivity index (χ4v) is 2.04. The van der Waals surface area contributed by atoms with E-state index in [1.54, 1.807) is 0 Å². The van der Waals surface area contributed by atoms with E-state index in [0.29, 0.717) is 5.41 Å². The zero-order valence-corrected chi connectivity index (χ0v) is 14.8. The highest BCUT2D eigenvalue weighted by atomic mass is 16.5. The molecule has 2 nitrogen and oxygen atoms in total. The smallest absolute Gasteiger partial charge is 0.119 e. The van der Waals surface area contributed by atoms with E-state index in [-0.39, 0.29) is 5.41 Å². The van der Waals surface area contributed by atoms with Gasteiger partial charge in [0.2, 0.25) is 0 Å². The summed E-state index contributed by atoms with van der Waals surface area (Å²) >= 11 is 0. The first-order chi connectivity index (χ1) is 9.74. The Bertz CT molecular complexity index is 401. The van der Waals surface area contributed by atoms with Gasteiger partial charge in [0.05, 0.1) is 0 Å². The highest BCUT2D eigenvalue weighted by molar-refractivity contribution is 5.31. The van der Waals surface area contributed by atoms with Crippen LogP contribution in [-0.4, -0.2) is 19.7 Å². The van der Waals surface area contributed by atoms with Crippen molar-refractivity contribution in [2.45, 2.75) is 59.8 Å². The lowest BCUT2D eigenvalue weighted by atomic mass is 9.82. The minimum absolute atomic E-state index is 0.243. The van der Waals surface area contributed by atoms with Crippen molar-refractivity contribution in [2.24, 2.45) is 5.41 Å². The Hall–Kier alpha value is -1.02. The molecule has 0 fully saturated rings. The quantitative estimate of drug-likeness (QED) is 0.696. The molecule has 0 radical (unpaired) electrons. The summed E-state index contributed by atoms with van der Waals surface area (Å²) in [6, 6.07) is 8.54. The standard InChI is InChI=1S/C19H33NO/c1-7-19(5,6)16-8-10-17(11-9-16)21-15-14-20-13-12-18(2,3)4/h8-11,20H,7,12-15H2,1-6H3. The number of benzene rings is 1. The second-order valence-electron chi connectivity index (χ2n) is 7.67. The van der Waals surface area contributed by atoms with Crippen LogP contribution in [0, 0.1) is 5.41 Å². The second-order valence-corrected chi connectivity index (χ2v) is 7.67. The molecule has 0 atom stereocenters. The average molecular weight is 291 g/mol. The Kier molecular flexibility index (Phi) is 6.73. The van der Waals surface area contributed by atoms with Crippen LogP contribution in [0.5, 0.6) is 5.75 Å². The molecule has 0 aliphatic heterocycles. The summed E-state index contributed by atoms with van der Waals surface area (Å²) in [5, 5.41) is 3.43. The zero-order chi connectivity index (χ0) is 15.9. The van der Waals surface area contributed by atoms with E-state index in [9.17, 15) is 0 Å². The first-order valence-electron chi connectivity index (χ1n) is 8.19. The van der Waals surface area contributed by atoms with Crippen molar-refractivity contribution in [1.82, 2.24) is 5.32 Å². The summed E-state index contributed by atoms with van der Waals surface area (Å²) in [6.45, 7) is 16.3. The van der Waals surface area contributed by atoms with Crippen LogP contribution in [0.2, 0.25) is 0 Å². The first kappa shape index (κ1) is 18.0. The van der Waals surface area contributed by atoms with Gasteiger partial charge in [-0.25, -0.2) is 0 Å². The van der Waals surface area contributed by atoms with Gasteiger partial charge in [-0.2, -0.15) is 0 Å². The van der Waals surface area contributed by atoms with Gasteiger partial charge in [0.1, 0.15) is 12.4 Å². The summed E-state index contributed by atoms with van der Waals surface area (Å²) in [6.07, 6.45) is 2.33. The van der Waals surface area contributed by atoms with Crippen LogP contribution < -0.4 is 10.1 Å². The molecule has 2 heteroatoms. The van der Waals surface area contributed by atoms with Gasteiger partial charge in [0.25, 0.3) is 0 Å². The average Bonchev–Trinajstić information content (AvgIpc) is 2.42. The molecular weight excluding hydrogens is 258 g/mol. The van der Waals surface area contributed by atoms with Crippen LogP contribution in [0.4, 0.5) is 0 Å². The predicted octanol–water partition coefficient (Wildman–Crippen LogP) is 4.78. The molecule has 120 valence electrons. The van der Waals surface area contributed by atoms with Crippen LogP contribution in [0.3, 0.4) is 0 Å². The minimum Gasteiger partial charge on any atom is -0.492 e. The molecule has 0 bridgehead atoms. The Morgan fingerprint density at radius 3 is 2.10 bits per heavy atom. The van der Waals surface area contributed by atoms with E-state index < -0.39 is 0 Å². The zero-order valence-electron chi connectivity index (χ0n) is 14.8. The molecule has 0 unspecified atom stereocenters. The maximum atomic E-state index is 5.78. The summed E-state index contributed by atoms with van der Waals surface area (Å²) in [5.74, 6) is 0.961. The van der Waals surface area contributed by atoms with Gasteiger partial charge in [-0.3, -0.25) is 0 Å².